The van der Waals surface area contributed by atoms with Crippen LogP contribution in [0.3, 0.4) is 0 Å². The summed E-state index contributed by atoms with van der Waals surface area (Å²) in [5, 5.41) is 10.6. The van der Waals surface area contributed by atoms with E-state index in [0.29, 0.717) is 5.56 Å². The Balaban J connectivity index is 1.92. The molecule has 7 nitrogen and oxygen atoms in total. The Hall–Kier alpha value is -2.87. The van der Waals surface area contributed by atoms with Gasteiger partial charge in [0.1, 0.15) is 0 Å². The number of hydrazine groups is 1. The van der Waals surface area contributed by atoms with Crippen LogP contribution >= 0.6 is 11.8 Å². The molecule has 24 heavy (non-hydrogen) atoms. The van der Waals surface area contributed by atoms with Gasteiger partial charge in [0.25, 0.3) is 17.5 Å². The molecule has 0 fully saturated rings. The molecule has 0 heterocycles. The number of benzene rings is 2. The maximum Gasteiger partial charge on any atom is 0.269 e. The lowest BCUT2D eigenvalue weighted by atomic mass is 10.1. The number of nitro groups is 1. The fraction of sp³-hybridized carbons (Fsp3) is 0.125. The number of nitrogens with zero attached hydrogens (tertiary/aromatic N) is 1. The third-order valence-corrected chi connectivity index (χ3v) is 3.78. The van der Waals surface area contributed by atoms with Gasteiger partial charge in [-0.15, -0.1) is 0 Å². The molecule has 8 heteroatoms. The first-order valence-corrected chi connectivity index (χ1v) is 8.33. The molecule has 0 radical (unpaired) electrons. The van der Waals surface area contributed by atoms with Crippen molar-refractivity contribution in [3.05, 3.63) is 75.3 Å². The Morgan fingerprint density at radius 1 is 0.958 bits per heavy atom. The second kappa shape index (κ2) is 8.11. The van der Waals surface area contributed by atoms with Gasteiger partial charge in [0.2, 0.25) is 0 Å². The van der Waals surface area contributed by atoms with E-state index in [4.69, 9.17) is 0 Å². The van der Waals surface area contributed by atoms with Gasteiger partial charge in [-0.3, -0.25) is 30.6 Å². The van der Waals surface area contributed by atoms with Gasteiger partial charge in [-0.05, 0) is 36.1 Å². The molecule has 0 aliphatic heterocycles. The van der Waals surface area contributed by atoms with Crippen LogP contribution in [-0.4, -0.2) is 23.0 Å². The van der Waals surface area contributed by atoms with Crippen molar-refractivity contribution in [3.63, 3.8) is 0 Å². The molecule has 0 aromatic heterocycles. The minimum atomic E-state index is -0.558. The van der Waals surface area contributed by atoms with E-state index in [1.807, 2.05) is 18.4 Å². The highest BCUT2D eigenvalue weighted by Crippen LogP contribution is 2.12. The molecule has 0 aliphatic rings. The van der Waals surface area contributed by atoms with E-state index < -0.39 is 16.7 Å². The maximum absolute atomic E-state index is 12.0. The van der Waals surface area contributed by atoms with Crippen molar-refractivity contribution in [2.24, 2.45) is 0 Å². The van der Waals surface area contributed by atoms with Crippen molar-refractivity contribution < 1.29 is 14.5 Å². The summed E-state index contributed by atoms with van der Waals surface area (Å²) in [6.07, 6.45) is 1.99. The Bertz CT molecular complexity index is 745. The number of amides is 2. The van der Waals surface area contributed by atoms with Crippen molar-refractivity contribution in [1.29, 1.82) is 0 Å². The van der Waals surface area contributed by atoms with Crippen LogP contribution in [0, 0.1) is 10.1 Å². The number of carbonyl (C=O) groups is 2. The minimum Gasteiger partial charge on any atom is -0.267 e. The molecule has 2 N–H and O–H groups in total. The third kappa shape index (κ3) is 4.56. The van der Waals surface area contributed by atoms with Crippen molar-refractivity contribution in [1.82, 2.24) is 10.9 Å². The molecular formula is C16H15N3O4S. The number of hydrogen-bond acceptors (Lipinski definition) is 5. The molecule has 0 saturated carbocycles. The number of nitrogens with one attached hydrogen (secondary N) is 2. The van der Waals surface area contributed by atoms with Crippen LogP contribution in [-0.2, 0) is 5.75 Å². The topological polar surface area (TPSA) is 101 Å². The predicted molar refractivity (Wildman–Crippen MR) is 91.7 cm³/mol. The maximum atomic E-state index is 12.0. The van der Waals surface area contributed by atoms with Gasteiger partial charge in [0.05, 0.1) is 4.92 Å². The zero-order valence-electron chi connectivity index (χ0n) is 12.8. The molecule has 0 bridgehead atoms. The molecule has 0 aliphatic carbocycles. The van der Waals surface area contributed by atoms with Gasteiger partial charge in [0, 0.05) is 29.0 Å². The van der Waals surface area contributed by atoms with E-state index in [-0.39, 0.29) is 11.3 Å². The van der Waals surface area contributed by atoms with Crippen molar-refractivity contribution in [2.75, 3.05) is 6.26 Å². The first-order chi connectivity index (χ1) is 11.5. The SMILES string of the molecule is CSCc1ccc(C(=O)NNC(=O)c2ccc([N+](=O)[O-])cc2)cc1. The fourth-order valence-corrected chi connectivity index (χ4v) is 2.44. The Morgan fingerprint density at radius 2 is 1.42 bits per heavy atom. The second-order valence-corrected chi connectivity index (χ2v) is 5.71. The van der Waals surface area contributed by atoms with Gasteiger partial charge in [-0.1, -0.05) is 12.1 Å². The summed E-state index contributed by atoms with van der Waals surface area (Å²) in [6.45, 7) is 0. The second-order valence-electron chi connectivity index (χ2n) is 4.84. The van der Waals surface area contributed by atoms with Gasteiger partial charge in [0.15, 0.2) is 0 Å². The zero-order valence-corrected chi connectivity index (χ0v) is 13.6. The number of rotatable bonds is 5. The van der Waals surface area contributed by atoms with Crippen LogP contribution in [0.4, 0.5) is 5.69 Å². The molecule has 2 aromatic rings. The molecule has 0 saturated heterocycles. The van der Waals surface area contributed by atoms with Crippen LogP contribution < -0.4 is 10.9 Å². The van der Waals surface area contributed by atoms with Gasteiger partial charge in [-0.25, -0.2) is 0 Å². The normalized spacial score (nSPS) is 10.0. The first kappa shape index (κ1) is 17.5. The molecular weight excluding hydrogens is 330 g/mol. The molecule has 0 atom stereocenters. The summed E-state index contributed by atoms with van der Waals surface area (Å²) in [4.78, 5) is 33.9. The number of thioether (sulfide) groups is 1. The van der Waals surface area contributed by atoms with E-state index in [9.17, 15) is 19.7 Å². The summed E-state index contributed by atoms with van der Waals surface area (Å²) in [6, 6.07) is 12.1. The van der Waals surface area contributed by atoms with Crippen LogP contribution in [0.2, 0.25) is 0 Å². The average Bonchev–Trinajstić information content (AvgIpc) is 2.60. The summed E-state index contributed by atoms with van der Waals surface area (Å²) < 4.78 is 0. The number of carbonyl (C=O) groups excluding carboxylic acids is 2. The minimum absolute atomic E-state index is 0.110. The molecule has 2 aromatic carbocycles. The van der Waals surface area contributed by atoms with E-state index in [1.165, 1.54) is 24.3 Å². The van der Waals surface area contributed by atoms with E-state index in [2.05, 4.69) is 10.9 Å². The van der Waals surface area contributed by atoms with Crippen molar-refractivity contribution >= 4 is 29.3 Å². The van der Waals surface area contributed by atoms with Crippen LogP contribution in [0.25, 0.3) is 0 Å². The van der Waals surface area contributed by atoms with Crippen LogP contribution in [0.15, 0.2) is 48.5 Å². The molecule has 0 unspecified atom stereocenters. The number of nitro benzene ring substituents is 1. The fourth-order valence-electron chi connectivity index (χ4n) is 1.91. The highest BCUT2D eigenvalue weighted by Gasteiger charge is 2.11. The lowest BCUT2D eigenvalue weighted by Gasteiger charge is -2.08. The Morgan fingerprint density at radius 3 is 1.83 bits per heavy atom. The summed E-state index contributed by atoms with van der Waals surface area (Å²) in [7, 11) is 0. The first-order valence-electron chi connectivity index (χ1n) is 6.94. The average molecular weight is 345 g/mol. The smallest absolute Gasteiger partial charge is 0.267 e. The van der Waals surface area contributed by atoms with E-state index in [0.717, 1.165) is 11.3 Å². The third-order valence-electron chi connectivity index (χ3n) is 3.16. The number of non-ortho nitro benzene ring substituents is 1. The highest BCUT2D eigenvalue weighted by molar-refractivity contribution is 7.97. The Labute approximate surface area is 142 Å². The lowest BCUT2D eigenvalue weighted by Crippen LogP contribution is -2.41. The van der Waals surface area contributed by atoms with Crippen molar-refractivity contribution in [3.8, 4) is 0 Å². The monoisotopic (exact) mass is 345 g/mol. The summed E-state index contributed by atoms with van der Waals surface area (Å²) >= 11 is 1.68. The molecule has 2 amide bonds. The lowest BCUT2D eigenvalue weighted by molar-refractivity contribution is -0.384. The zero-order chi connectivity index (χ0) is 17.5. The quantitative estimate of drug-likeness (QED) is 0.640. The van der Waals surface area contributed by atoms with Gasteiger partial charge >= 0.3 is 0 Å². The van der Waals surface area contributed by atoms with Gasteiger partial charge in [-0.2, -0.15) is 11.8 Å². The molecule has 2 rings (SSSR count). The molecule has 124 valence electrons. The van der Waals surface area contributed by atoms with Gasteiger partial charge < -0.3 is 0 Å². The summed E-state index contributed by atoms with van der Waals surface area (Å²) in [5.74, 6) is -0.142. The predicted octanol–water partition coefficient (Wildman–Crippen LogP) is 2.53. The summed E-state index contributed by atoms with van der Waals surface area (Å²) in [5.41, 5.74) is 6.20. The molecule has 0 spiro atoms. The van der Waals surface area contributed by atoms with Crippen LogP contribution in [0.1, 0.15) is 26.3 Å². The van der Waals surface area contributed by atoms with Crippen molar-refractivity contribution in [2.45, 2.75) is 5.75 Å². The largest absolute Gasteiger partial charge is 0.269 e. The van der Waals surface area contributed by atoms with E-state index in [1.54, 1.807) is 23.9 Å². The Kier molecular flexibility index (Phi) is 5.91. The standard InChI is InChI=1S/C16H15N3O4S/c1-24-10-11-2-4-12(5-3-11)15(20)17-18-16(21)13-6-8-14(9-7-13)19(22)23/h2-9H,10H2,1H3,(H,17,20)(H,18,21). The van der Waals surface area contributed by atoms with E-state index >= 15 is 0 Å². The highest BCUT2D eigenvalue weighted by atomic mass is 32.2. The van der Waals surface area contributed by atoms with Crippen LogP contribution in [0.5, 0.6) is 0 Å². The number of hydrogen-bond donors (Lipinski definition) is 2.